The summed E-state index contributed by atoms with van der Waals surface area (Å²) in [6.07, 6.45) is -0.369. The number of nitrogens with one attached hydrogen (secondary N) is 2. The van der Waals surface area contributed by atoms with Gasteiger partial charge in [-0.1, -0.05) is 18.2 Å². The maximum atomic E-state index is 12.7. The summed E-state index contributed by atoms with van der Waals surface area (Å²) in [7, 11) is -3.60. The summed E-state index contributed by atoms with van der Waals surface area (Å²) in [5.74, 6) is -1.68. The Morgan fingerprint density at radius 2 is 1.48 bits per heavy atom. The molecule has 0 saturated carbocycles. The highest BCUT2D eigenvalue weighted by Gasteiger charge is 2.33. The molecule has 1 fully saturated rings. The van der Waals surface area contributed by atoms with Gasteiger partial charge in [0, 0.05) is 31.4 Å². The summed E-state index contributed by atoms with van der Waals surface area (Å²) >= 11 is 0. The van der Waals surface area contributed by atoms with E-state index in [0.29, 0.717) is 24.2 Å². The van der Waals surface area contributed by atoms with Gasteiger partial charge in [-0.3, -0.25) is 14.4 Å². The fraction of sp³-hybridized carbons (Fsp3) is 0.348. The lowest BCUT2D eigenvalue weighted by Crippen LogP contribution is -2.41. The lowest BCUT2D eigenvalue weighted by molar-refractivity contribution is -0.158. The summed E-state index contributed by atoms with van der Waals surface area (Å²) in [5.41, 5.74) is 1.09. The van der Waals surface area contributed by atoms with E-state index in [9.17, 15) is 22.8 Å². The molecule has 1 atom stereocenters. The van der Waals surface area contributed by atoms with Crippen LogP contribution in [0, 0.1) is 5.92 Å². The number of hydrogen-bond donors (Lipinski definition) is 2. The molecule has 1 heterocycles. The number of amides is 2. The minimum Gasteiger partial charge on any atom is -0.452 e. The van der Waals surface area contributed by atoms with Crippen LogP contribution < -0.4 is 10.6 Å². The molecular weight excluding hydrogens is 446 g/mol. The van der Waals surface area contributed by atoms with Gasteiger partial charge in [-0.2, -0.15) is 4.31 Å². The third kappa shape index (κ3) is 6.39. The molecule has 1 unspecified atom stereocenters. The maximum absolute atomic E-state index is 12.7. The Bertz CT molecular complexity index is 1090. The first-order chi connectivity index (χ1) is 15.7. The van der Waals surface area contributed by atoms with Crippen LogP contribution in [0.1, 0.15) is 26.7 Å². The van der Waals surface area contributed by atoms with Gasteiger partial charge in [0.25, 0.3) is 5.91 Å². The molecule has 0 radical (unpaired) electrons. The molecule has 1 saturated heterocycles. The van der Waals surface area contributed by atoms with Gasteiger partial charge in [-0.15, -0.1) is 0 Å². The predicted molar refractivity (Wildman–Crippen MR) is 123 cm³/mol. The number of carbonyl (C=O) groups is 3. The summed E-state index contributed by atoms with van der Waals surface area (Å²) in [6, 6.07) is 14.7. The number of sulfonamides is 1. The molecule has 0 aliphatic carbocycles. The number of anilines is 2. The fourth-order valence-electron chi connectivity index (χ4n) is 3.48. The smallest absolute Gasteiger partial charge is 0.309 e. The summed E-state index contributed by atoms with van der Waals surface area (Å²) in [5, 5.41) is 5.29. The van der Waals surface area contributed by atoms with Gasteiger partial charge < -0.3 is 15.4 Å². The van der Waals surface area contributed by atoms with E-state index < -0.39 is 33.9 Å². The summed E-state index contributed by atoms with van der Waals surface area (Å²) in [4.78, 5) is 36.2. The Kier molecular flexibility index (Phi) is 7.83. The monoisotopic (exact) mass is 473 g/mol. The van der Waals surface area contributed by atoms with E-state index in [4.69, 9.17) is 4.74 Å². The second-order valence-electron chi connectivity index (χ2n) is 7.82. The Balaban J connectivity index is 1.49. The summed E-state index contributed by atoms with van der Waals surface area (Å²) in [6.45, 7) is 3.29. The molecule has 2 aromatic carbocycles. The molecule has 2 amide bonds. The third-order valence-electron chi connectivity index (χ3n) is 5.30. The Morgan fingerprint density at radius 1 is 0.939 bits per heavy atom. The van der Waals surface area contributed by atoms with Crippen molar-refractivity contribution in [2.24, 2.45) is 5.92 Å². The number of nitrogens with zero attached hydrogens (tertiary/aromatic N) is 1. The van der Waals surface area contributed by atoms with Crippen LogP contribution in [0.2, 0.25) is 0 Å². The molecular formula is C23H27N3O6S. The number of carbonyl (C=O) groups excluding carboxylic acids is 3. The van der Waals surface area contributed by atoms with Gasteiger partial charge in [0.05, 0.1) is 10.8 Å². The first-order valence-corrected chi connectivity index (χ1v) is 12.0. The molecule has 1 aliphatic rings. The zero-order chi connectivity index (χ0) is 24.0. The van der Waals surface area contributed by atoms with Crippen molar-refractivity contribution >= 4 is 39.2 Å². The lowest BCUT2D eigenvalue weighted by atomic mass is 9.98. The average Bonchev–Trinajstić information content (AvgIpc) is 2.80. The average molecular weight is 474 g/mol. The Hall–Kier alpha value is -3.24. The fourth-order valence-corrected chi connectivity index (χ4v) is 4.97. The van der Waals surface area contributed by atoms with Crippen LogP contribution in [-0.2, 0) is 29.1 Å². The SMILES string of the molecule is CC(=O)Nc1ccc(NC(=O)C(C)OC(=O)C2CCN(S(=O)(=O)c3ccccc3)CC2)cc1. The molecule has 2 N–H and O–H groups in total. The molecule has 176 valence electrons. The normalized spacial score (nSPS) is 15.9. The number of piperidine rings is 1. The topological polar surface area (TPSA) is 122 Å². The standard InChI is InChI=1S/C23H27N3O6S/c1-16(22(28)25-20-10-8-19(9-11-20)24-17(2)27)32-23(29)18-12-14-26(15-13-18)33(30,31)21-6-4-3-5-7-21/h3-11,16,18H,12-15H2,1-2H3,(H,24,27)(H,25,28). The molecule has 0 bridgehead atoms. The van der Waals surface area contributed by atoms with Crippen molar-refractivity contribution in [3.05, 3.63) is 54.6 Å². The van der Waals surface area contributed by atoms with E-state index in [1.54, 1.807) is 54.6 Å². The van der Waals surface area contributed by atoms with Crippen molar-refractivity contribution in [1.29, 1.82) is 0 Å². The minimum atomic E-state index is -3.60. The van der Waals surface area contributed by atoms with E-state index in [2.05, 4.69) is 10.6 Å². The van der Waals surface area contributed by atoms with Crippen molar-refractivity contribution in [3.63, 3.8) is 0 Å². The molecule has 2 aromatic rings. The second kappa shape index (κ2) is 10.6. The van der Waals surface area contributed by atoms with E-state index in [1.165, 1.54) is 18.2 Å². The molecule has 1 aliphatic heterocycles. The largest absolute Gasteiger partial charge is 0.452 e. The van der Waals surface area contributed by atoms with Gasteiger partial charge in [0.2, 0.25) is 15.9 Å². The van der Waals surface area contributed by atoms with Crippen LogP contribution in [0.4, 0.5) is 11.4 Å². The number of benzene rings is 2. The zero-order valence-corrected chi connectivity index (χ0v) is 19.3. The van der Waals surface area contributed by atoms with Crippen LogP contribution in [-0.4, -0.2) is 49.7 Å². The molecule has 9 nitrogen and oxygen atoms in total. The highest BCUT2D eigenvalue weighted by atomic mass is 32.2. The van der Waals surface area contributed by atoms with Gasteiger partial charge >= 0.3 is 5.97 Å². The van der Waals surface area contributed by atoms with Crippen molar-refractivity contribution in [2.75, 3.05) is 23.7 Å². The van der Waals surface area contributed by atoms with Crippen molar-refractivity contribution < 1.29 is 27.5 Å². The van der Waals surface area contributed by atoms with Crippen molar-refractivity contribution in [2.45, 2.75) is 37.7 Å². The van der Waals surface area contributed by atoms with E-state index >= 15 is 0 Å². The second-order valence-corrected chi connectivity index (χ2v) is 9.76. The van der Waals surface area contributed by atoms with Crippen LogP contribution in [0.25, 0.3) is 0 Å². The highest BCUT2D eigenvalue weighted by Crippen LogP contribution is 2.25. The lowest BCUT2D eigenvalue weighted by Gasteiger charge is -2.30. The number of esters is 1. The van der Waals surface area contributed by atoms with Gasteiger partial charge in [0.15, 0.2) is 6.10 Å². The van der Waals surface area contributed by atoms with Gasteiger partial charge in [-0.25, -0.2) is 8.42 Å². The Labute approximate surface area is 193 Å². The highest BCUT2D eigenvalue weighted by molar-refractivity contribution is 7.89. The quantitative estimate of drug-likeness (QED) is 0.596. The zero-order valence-electron chi connectivity index (χ0n) is 18.5. The number of hydrogen-bond acceptors (Lipinski definition) is 6. The van der Waals surface area contributed by atoms with E-state index in [1.807, 2.05) is 0 Å². The van der Waals surface area contributed by atoms with Crippen LogP contribution in [0.5, 0.6) is 0 Å². The minimum absolute atomic E-state index is 0.198. The first kappa shape index (κ1) is 24.4. The molecule has 0 spiro atoms. The molecule has 3 rings (SSSR count). The maximum Gasteiger partial charge on any atom is 0.309 e. The number of ether oxygens (including phenoxy) is 1. The first-order valence-electron chi connectivity index (χ1n) is 10.6. The Morgan fingerprint density at radius 3 is 2.03 bits per heavy atom. The van der Waals surface area contributed by atoms with Crippen molar-refractivity contribution in [1.82, 2.24) is 4.31 Å². The van der Waals surface area contributed by atoms with E-state index in [-0.39, 0.29) is 23.9 Å². The van der Waals surface area contributed by atoms with Crippen LogP contribution >= 0.6 is 0 Å². The molecule has 33 heavy (non-hydrogen) atoms. The number of rotatable bonds is 7. The van der Waals surface area contributed by atoms with Crippen LogP contribution in [0.15, 0.2) is 59.5 Å². The predicted octanol–water partition coefficient (Wildman–Crippen LogP) is 2.62. The van der Waals surface area contributed by atoms with E-state index in [0.717, 1.165) is 0 Å². The molecule has 10 heteroatoms. The van der Waals surface area contributed by atoms with Crippen molar-refractivity contribution in [3.8, 4) is 0 Å². The summed E-state index contributed by atoms with van der Waals surface area (Å²) < 4.78 is 32.1. The van der Waals surface area contributed by atoms with Gasteiger partial charge in [0.1, 0.15) is 0 Å². The van der Waals surface area contributed by atoms with Gasteiger partial charge in [-0.05, 0) is 56.2 Å². The molecule has 0 aromatic heterocycles. The third-order valence-corrected chi connectivity index (χ3v) is 7.22. The van der Waals surface area contributed by atoms with Crippen LogP contribution in [0.3, 0.4) is 0 Å².